The molecule has 0 fully saturated rings. The van der Waals surface area contributed by atoms with Crippen LogP contribution in [-0.2, 0) is 0 Å². The molecule has 0 bridgehead atoms. The molecule has 1 N–H and O–H groups in total. The molecule has 0 aliphatic carbocycles. The van der Waals surface area contributed by atoms with E-state index in [-0.39, 0.29) is 5.69 Å². The third kappa shape index (κ3) is 4.27. The highest BCUT2D eigenvalue weighted by Crippen LogP contribution is 2.37. The Morgan fingerprint density at radius 2 is 2.00 bits per heavy atom. The number of hydrazone groups is 1. The molecule has 31 heavy (non-hydrogen) atoms. The van der Waals surface area contributed by atoms with Gasteiger partial charge in [-0.1, -0.05) is 11.6 Å². The zero-order valence-corrected chi connectivity index (χ0v) is 17.6. The molecule has 0 aliphatic rings. The van der Waals surface area contributed by atoms with Crippen LogP contribution in [0.2, 0.25) is 5.02 Å². The van der Waals surface area contributed by atoms with E-state index in [4.69, 9.17) is 20.8 Å². The number of nitrogens with one attached hydrogen (secondary N) is 1. The largest absolute Gasteiger partial charge is 0.497 e. The first-order chi connectivity index (χ1) is 15.0. The number of hydrogen-bond donors (Lipinski definition) is 1. The number of nitro benzene ring substituents is 1. The van der Waals surface area contributed by atoms with Gasteiger partial charge in [0.1, 0.15) is 22.1 Å². The van der Waals surface area contributed by atoms with Gasteiger partial charge in [-0.2, -0.15) is 5.10 Å². The smallest absolute Gasteiger partial charge is 0.283 e. The van der Waals surface area contributed by atoms with Crippen LogP contribution in [0, 0.1) is 10.1 Å². The van der Waals surface area contributed by atoms with Gasteiger partial charge in [0.05, 0.1) is 23.3 Å². The molecule has 8 nitrogen and oxygen atoms in total. The van der Waals surface area contributed by atoms with Gasteiger partial charge in [-0.25, -0.2) is 5.43 Å². The normalized spacial score (nSPS) is 11.2. The molecule has 0 unspecified atom stereocenters. The second kappa shape index (κ2) is 8.58. The van der Waals surface area contributed by atoms with Gasteiger partial charge in [-0.3, -0.25) is 14.9 Å². The Morgan fingerprint density at radius 3 is 2.71 bits per heavy atom. The fourth-order valence-electron chi connectivity index (χ4n) is 2.85. The van der Waals surface area contributed by atoms with Gasteiger partial charge in [-0.05, 0) is 42.5 Å². The maximum atomic E-state index is 12.5. The van der Waals surface area contributed by atoms with Crippen molar-refractivity contribution in [1.29, 1.82) is 0 Å². The SMILES string of the molecule is COc1ccc2c(Cl)c(C(=O)N/N=C\c3ccc(-c4ccc([N+](=O)[O-])cc4)o3)sc2c1. The first-order valence-corrected chi connectivity index (χ1v) is 10.1. The number of nitrogens with zero attached hydrogens (tertiary/aromatic N) is 2. The van der Waals surface area contributed by atoms with E-state index >= 15 is 0 Å². The fourth-order valence-corrected chi connectivity index (χ4v) is 4.28. The first-order valence-electron chi connectivity index (χ1n) is 8.90. The van der Waals surface area contributed by atoms with Crippen molar-refractivity contribution in [3.63, 3.8) is 0 Å². The highest BCUT2D eigenvalue weighted by Gasteiger charge is 2.17. The summed E-state index contributed by atoms with van der Waals surface area (Å²) in [6.07, 6.45) is 1.36. The number of halogens is 1. The number of ether oxygens (including phenoxy) is 1. The first kappa shape index (κ1) is 20.6. The molecule has 0 saturated carbocycles. The number of carbonyl (C=O) groups excluding carboxylic acids is 1. The Labute approximate surface area is 184 Å². The zero-order chi connectivity index (χ0) is 22.0. The molecule has 156 valence electrons. The minimum atomic E-state index is -0.466. The zero-order valence-electron chi connectivity index (χ0n) is 16.0. The number of carbonyl (C=O) groups is 1. The number of amides is 1. The average Bonchev–Trinajstić information content (AvgIpc) is 3.38. The number of nitro groups is 1. The van der Waals surface area contributed by atoms with Gasteiger partial charge in [0, 0.05) is 27.8 Å². The summed E-state index contributed by atoms with van der Waals surface area (Å²) < 4.78 is 11.7. The predicted octanol–water partition coefficient (Wildman–Crippen LogP) is 5.50. The van der Waals surface area contributed by atoms with E-state index in [1.54, 1.807) is 43.5 Å². The summed E-state index contributed by atoms with van der Waals surface area (Å²) in [7, 11) is 1.57. The molecular weight excluding hydrogens is 442 g/mol. The average molecular weight is 456 g/mol. The molecule has 0 aliphatic heterocycles. The van der Waals surface area contributed by atoms with Crippen LogP contribution in [0.5, 0.6) is 5.75 Å². The van der Waals surface area contributed by atoms with Crippen LogP contribution in [0.4, 0.5) is 5.69 Å². The summed E-state index contributed by atoms with van der Waals surface area (Å²) in [5.41, 5.74) is 3.12. The predicted molar refractivity (Wildman–Crippen MR) is 119 cm³/mol. The molecule has 1 amide bonds. The lowest BCUT2D eigenvalue weighted by Gasteiger charge is -1.98. The summed E-state index contributed by atoms with van der Waals surface area (Å²) in [4.78, 5) is 23.1. The van der Waals surface area contributed by atoms with Crippen molar-refractivity contribution in [2.45, 2.75) is 0 Å². The van der Waals surface area contributed by atoms with Gasteiger partial charge in [0.25, 0.3) is 11.6 Å². The number of hydrogen-bond acceptors (Lipinski definition) is 7. The molecule has 10 heteroatoms. The van der Waals surface area contributed by atoms with E-state index in [0.29, 0.717) is 32.7 Å². The second-order valence-electron chi connectivity index (χ2n) is 6.31. The van der Waals surface area contributed by atoms with Gasteiger partial charge < -0.3 is 9.15 Å². The minimum absolute atomic E-state index is 0.00172. The Kier molecular flexibility index (Phi) is 5.70. The summed E-state index contributed by atoms with van der Waals surface area (Å²) >= 11 is 7.58. The van der Waals surface area contributed by atoms with Crippen LogP contribution in [0.15, 0.2) is 64.1 Å². The van der Waals surface area contributed by atoms with Crippen molar-refractivity contribution in [3.8, 4) is 17.1 Å². The Hall–Kier alpha value is -3.69. The monoisotopic (exact) mass is 455 g/mol. The van der Waals surface area contributed by atoms with Crippen LogP contribution in [-0.4, -0.2) is 24.2 Å². The molecule has 0 atom stereocenters. The number of rotatable bonds is 6. The lowest BCUT2D eigenvalue weighted by molar-refractivity contribution is -0.384. The van der Waals surface area contributed by atoms with Crippen LogP contribution >= 0.6 is 22.9 Å². The van der Waals surface area contributed by atoms with Gasteiger partial charge in [0.15, 0.2) is 0 Å². The van der Waals surface area contributed by atoms with E-state index in [1.807, 2.05) is 6.07 Å². The molecule has 4 aromatic rings. The number of furan rings is 1. The number of thiophene rings is 1. The molecule has 2 aromatic carbocycles. The fraction of sp³-hybridized carbons (Fsp3) is 0.0476. The van der Waals surface area contributed by atoms with Crippen molar-refractivity contribution >= 4 is 50.8 Å². The van der Waals surface area contributed by atoms with Gasteiger partial charge in [-0.15, -0.1) is 11.3 Å². The van der Waals surface area contributed by atoms with Crippen molar-refractivity contribution in [2.75, 3.05) is 7.11 Å². The lowest BCUT2D eigenvalue weighted by Crippen LogP contribution is -2.16. The third-order valence-electron chi connectivity index (χ3n) is 4.39. The van der Waals surface area contributed by atoms with Gasteiger partial charge >= 0.3 is 0 Å². The quantitative estimate of drug-likeness (QED) is 0.235. The highest BCUT2D eigenvalue weighted by atomic mass is 35.5. The molecule has 2 heterocycles. The molecule has 0 radical (unpaired) electrons. The molecule has 2 aromatic heterocycles. The van der Waals surface area contributed by atoms with E-state index in [9.17, 15) is 14.9 Å². The van der Waals surface area contributed by atoms with E-state index < -0.39 is 10.8 Å². The maximum absolute atomic E-state index is 12.5. The molecule has 0 saturated heterocycles. The summed E-state index contributed by atoms with van der Waals surface area (Å²) in [5, 5.41) is 15.8. The van der Waals surface area contributed by atoms with E-state index in [1.165, 1.54) is 29.7 Å². The maximum Gasteiger partial charge on any atom is 0.283 e. The standard InChI is InChI=1S/C21H14ClN3O5S/c1-29-14-6-8-16-18(10-14)31-20(19(16)22)21(26)24-23-11-15-7-9-17(30-15)12-2-4-13(5-3-12)25(27)28/h2-11H,1H3,(H,24,26)/b23-11-. The van der Waals surface area contributed by atoms with E-state index in [0.717, 1.165) is 10.1 Å². The number of non-ortho nitro benzene ring substituents is 1. The van der Waals surface area contributed by atoms with Crippen molar-refractivity contribution < 1.29 is 18.9 Å². The van der Waals surface area contributed by atoms with Crippen LogP contribution in [0.1, 0.15) is 15.4 Å². The Morgan fingerprint density at radius 1 is 1.23 bits per heavy atom. The Bertz CT molecular complexity index is 1310. The lowest BCUT2D eigenvalue weighted by atomic mass is 10.1. The molecule has 4 rings (SSSR count). The third-order valence-corrected chi connectivity index (χ3v) is 6.05. The van der Waals surface area contributed by atoms with Gasteiger partial charge in [0.2, 0.25) is 0 Å². The van der Waals surface area contributed by atoms with Crippen molar-refractivity contribution in [3.05, 3.63) is 80.4 Å². The highest BCUT2D eigenvalue weighted by molar-refractivity contribution is 7.21. The number of fused-ring (bicyclic) bond motifs is 1. The molecule has 0 spiro atoms. The summed E-state index contributed by atoms with van der Waals surface area (Å²) in [6, 6.07) is 14.8. The second-order valence-corrected chi connectivity index (χ2v) is 7.74. The topological polar surface area (TPSA) is 107 Å². The molecular formula is C21H14ClN3O5S. The summed E-state index contributed by atoms with van der Waals surface area (Å²) in [5.74, 6) is 1.16. The number of methoxy groups -OCH3 is 1. The van der Waals surface area contributed by atoms with Crippen molar-refractivity contribution in [1.82, 2.24) is 5.43 Å². The summed E-state index contributed by atoms with van der Waals surface area (Å²) in [6.45, 7) is 0. The van der Waals surface area contributed by atoms with Crippen molar-refractivity contribution in [2.24, 2.45) is 5.10 Å². The Balaban J connectivity index is 1.45. The number of benzene rings is 2. The van der Waals surface area contributed by atoms with Crippen LogP contribution in [0.3, 0.4) is 0 Å². The minimum Gasteiger partial charge on any atom is -0.497 e. The van der Waals surface area contributed by atoms with Crippen LogP contribution < -0.4 is 10.2 Å². The van der Waals surface area contributed by atoms with Crippen LogP contribution in [0.25, 0.3) is 21.4 Å². The van der Waals surface area contributed by atoms with E-state index in [2.05, 4.69) is 10.5 Å².